The number of nitrogens with two attached hydrogens (primary N) is 1. The quantitative estimate of drug-likeness (QED) is 0.580. The molecule has 8 heteroatoms. The highest BCUT2D eigenvalue weighted by molar-refractivity contribution is 6.08. The number of imide groups is 1. The zero-order chi connectivity index (χ0) is 23.5. The Bertz CT molecular complexity index is 1280. The monoisotopic (exact) mass is 445 g/mol. The zero-order valence-electron chi connectivity index (χ0n) is 18.3. The van der Waals surface area contributed by atoms with Crippen molar-refractivity contribution < 1.29 is 23.9 Å². The van der Waals surface area contributed by atoms with E-state index in [1.54, 1.807) is 13.2 Å². The molecule has 0 aliphatic heterocycles. The minimum atomic E-state index is -1.19. The fourth-order valence-corrected chi connectivity index (χ4v) is 3.91. The molecule has 1 unspecified atom stereocenters. The number of urea groups is 1. The van der Waals surface area contributed by atoms with Gasteiger partial charge in [0, 0.05) is 5.39 Å². The average molecular weight is 445 g/mol. The summed E-state index contributed by atoms with van der Waals surface area (Å²) in [6, 6.07) is 14.0. The van der Waals surface area contributed by atoms with Crippen LogP contribution in [0.4, 0.5) is 4.79 Å². The number of methoxy groups -OCH3 is 1. The highest BCUT2D eigenvalue weighted by Gasteiger charge is 2.29. The number of pyridine rings is 1. The number of para-hydroxylation sites is 1. The summed E-state index contributed by atoms with van der Waals surface area (Å²) in [6.45, 7) is 1.38. The molecule has 3 N–H and O–H groups in total. The van der Waals surface area contributed by atoms with E-state index in [4.69, 9.17) is 20.2 Å². The van der Waals surface area contributed by atoms with Gasteiger partial charge in [-0.25, -0.2) is 14.6 Å². The second-order valence-corrected chi connectivity index (χ2v) is 7.67. The van der Waals surface area contributed by atoms with Crippen LogP contribution < -0.4 is 15.8 Å². The average Bonchev–Trinajstić information content (AvgIpc) is 3.19. The summed E-state index contributed by atoms with van der Waals surface area (Å²) in [5.41, 5.74) is 9.54. The number of nitrogens with one attached hydrogen (secondary N) is 1. The van der Waals surface area contributed by atoms with Crippen LogP contribution >= 0.6 is 0 Å². The highest BCUT2D eigenvalue weighted by Crippen LogP contribution is 2.38. The van der Waals surface area contributed by atoms with Gasteiger partial charge in [-0.05, 0) is 60.7 Å². The molecule has 0 fully saturated rings. The van der Waals surface area contributed by atoms with E-state index < -0.39 is 24.0 Å². The Morgan fingerprint density at radius 2 is 1.82 bits per heavy atom. The van der Waals surface area contributed by atoms with E-state index in [1.807, 2.05) is 53.9 Å². The van der Waals surface area contributed by atoms with Gasteiger partial charge in [-0.15, -0.1) is 0 Å². The molecule has 1 atom stereocenters. The minimum Gasteiger partial charge on any atom is -0.497 e. The standard InChI is InChI=1S/C25H23N3O5/c1-14(23(29)28-25(26)31)33-24(30)21-18-5-3-4-6-20(18)27-22-16(9-12-19(21)22)13-15-7-10-17(32-2)11-8-15/h3-8,10-11,13-14H,9,12H2,1-2H3,(H3,26,28,29,31). The predicted molar refractivity (Wildman–Crippen MR) is 124 cm³/mol. The third-order valence-electron chi connectivity index (χ3n) is 5.50. The molecule has 168 valence electrons. The number of carbonyl (C=O) groups excluding carboxylic acids is 3. The van der Waals surface area contributed by atoms with E-state index in [0.29, 0.717) is 29.3 Å². The van der Waals surface area contributed by atoms with Crippen LogP contribution in [0.1, 0.15) is 40.5 Å². The van der Waals surface area contributed by atoms with Gasteiger partial charge in [0.1, 0.15) is 5.75 Å². The zero-order valence-corrected chi connectivity index (χ0v) is 18.3. The number of hydrogen-bond acceptors (Lipinski definition) is 6. The van der Waals surface area contributed by atoms with Crippen LogP contribution in [0.5, 0.6) is 5.75 Å². The molecule has 2 aromatic carbocycles. The lowest BCUT2D eigenvalue weighted by Gasteiger charge is -2.15. The lowest BCUT2D eigenvalue weighted by atomic mass is 10.0. The minimum absolute atomic E-state index is 0.382. The first-order valence-corrected chi connectivity index (χ1v) is 10.4. The molecule has 4 rings (SSSR count). The second kappa shape index (κ2) is 9.12. The molecule has 3 aromatic rings. The van der Waals surface area contributed by atoms with Gasteiger partial charge < -0.3 is 15.2 Å². The lowest BCUT2D eigenvalue weighted by Crippen LogP contribution is -2.42. The first-order valence-electron chi connectivity index (χ1n) is 10.4. The third-order valence-corrected chi connectivity index (χ3v) is 5.50. The molecule has 0 spiro atoms. The Labute approximate surface area is 190 Å². The van der Waals surface area contributed by atoms with E-state index in [9.17, 15) is 14.4 Å². The molecule has 0 radical (unpaired) electrons. The third kappa shape index (κ3) is 4.55. The number of ether oxygens (including phenoxy) is 2. The Balaban J connectivity index is 1.73. The van der Waals surface area contributed by atoms with Crippen LogP contribution in [0.15, 0.2) is 48.5 Å². The van der Waals surface area contributed by atoms with Gasteiger partial charge in [0.25, 0.3) is 5.91 Å². The molecule has 33 heavy (non-hydrogen) atoms. The topological polar surface area (TPSA) is 121 Å². The summed E-state index contributed by atoms with van der Waals surface area (Å²) >= 11 is 0. The van der Waals surface area contributed by atoms with Crippen molar-refractivity contribution >= 4 is 40.5 Å². The van der Waals surface area contributed by atoms with E-state index in [1.165, 1.54) is 6.92 Å². The van der Waals surface area contributed by atoms with Crippen LogP contribution in [0, 0.1) is 0 Å². The number of carbonyl (C=O) groups is 3. The number of nitrogens with zero attached hydrogens (tertiary/aromatic N) is 1. The van der Waals surface area contributed by atoms with E-state index in [0.717, 1.165) is 28.1 Å². The second-order valence-electron chi connectivity index (χ2n) is 7.67. The lowest BCUT2D eigenvalue weighted by molar-refractivity contribution is -0.127. The Kier molecular flexibility index (Phi) is 6.08. The fourth-order valence-electron chi connectivity index (χ4n) is 3.91. The Hall–Kier alpha value is -4.20. The summed E-state index contributed by atoms with van der Waals surface area (Å²) in [7, 11) is 1.62. The van der Waals surface area contributed by atoms with Crippen LogP contribution in [-0.2, 0) is 16.0 Å². The van der Waals surface area contributed by atoms with Crippen LogP contribution in [0.2, 0.25) is 0 Å². The van der Waals surface area contributed by atoms with Crippen molar-refractivity contribution in [3.63, 3.8) is 0 Å². The van der Waals surface area contributed by atoms with Gasteiger partial charge >= 0.3 is 12.0 Å². The summed E-state index contributed by atoms with van der Waals surface area (Å²) < 4.78 is 10.6. The van der Waals surface area contributed by atoms with E-state index in [-0.39, 0.29) is 0 Å². The molecular weight excluding hydrogens is 422 g/mol. The van der Waals surface area contributed by atoms with Crippen LogP contribution in [0.3, 0.4) is 0 Å². The van der Waals surface area contributed by atoms with Gasteiger partial charge in [0.05, 0.1) is 23.9 Å². The Morgan fingerprint density at radius 3 is 2.52 bits per heavy atom. The molecular formula is C25H23N3O5. The van der Waals surface area contributed by atoms with E-state index in [2.05, 4.69) is 0 Å². The summed E-state index contributed by atoms with van der Waals surface area (Å²) in [6.07, 6.45) is 2.18. The molecule has 0 saturated heterocycles. The summed E-state index contributed by atoms with van der Waals surface area (Å²) in [5.74, 6) is -0.666. The van der Waals surface area contributed by atoms with Crippen molar-refractivity contribution in [1.82, 2.24) is 10.3 Å². The number of rotatable bonds is 5. The normalized spacial score (nSPS) is 14.5. The number of esters is 1. The molecule has 8 nitrogen and oxygen atoms in total. The number of hydrogen-bond donors (Lipinski definition) is 2. The molecule has 1 aromatic heterocycles. The largest absolute Gasteiger partial charge is 0.497 e. The predicted octanol–water partition coefficient (Wildman–Crippen LogP) is 3.47. The smallest absolute Gasteiger partial charge is 0.339 e. The van der Waals surface area contributed by atoms with Crippen molar-refractivity contribution in [3.8, 4) is 5.75 Å². The fraction of sp³-hybridized carbons (Fsp3) is 0.200. The molecule has 3 amide bonds. The van der Waals surface area contributed by atoms with Crippen LogP contribution in [-0.4, -0.2) is 36.1 Å². The first kappa shape index (κ1) is 22.0. The van der Waals surface area contributed by atoms with Gasteiger partial charge in [0.2, 0.25) is 0 Å². The van der Waals surface area contributed by atoms with Crippen LogP contribution in [0.25, 0.3) is 22.6 Å². The van der Waals surface area contributed by atoms with Crippen molar-refractivity contribution in [2.45, 2.75) is 25.9 Å². The number of aromatic nitrogens is 1. The summed E-state index contributed by atoms with van der Waals surface area (Å²) in [5, 5.41) is 2.57. The van der Waals surface area contributed by atoms with Crippen molar-refractivity contribution in [1.29, 1.82) is 0 Å². The number of amides is 3. The molecule has 1 heterocycles. The van der Waals surface area contributed by atoms with Crippen molar-refractivity contribution in [3.05, 3.63) is 70.9 Å². The molecule has 1 aliphatic rings. The Morgan fingerprint density at radius 1 is 1.09 bits per heavy atom. The maximum Gasteiger partial charge on any atom is 0.339 e. The molecule has 0 saturated carbocycles. The number of benzene rings is 2. The molecule has 1 aliphatic carbocycles. The number of allylic oxidation sites excluding steroid dienone is 1. The number of fused-ring (bicyclic) bond motifs is 2. The molecule has 0 bridgehead atoms. The summed E-state index contributed by atoms with van der Waals surface area (Å²) in [4.78, 5) is 40.9. The van der Waals surface area contributed by atoms with E-state index >= 15 is 0 Å². The van der Waals surface area contributed by atoms with Gasteiger partial charge in [0.15, 0.2) is 6.10 Å². The number of primary amides is 1. The maximum atomic E-state index is 13.2. The van der Waals surface area contributed by atoms with Gasteiger partial charge in [-0.1, -0.05) is 30.3 Å². The first-order chi connectivity index (χ1) is 15.9. The highest BCUT2D eigenvalue weighted by atomic mass is 16.5. The SMILES string of the molecule is COc1ccc(C=C2CCc3c2nc2ccccc2c3C(=O)OC(C)C(=O)NC(N)=O)cc1. The van der Waals surface area contributed by atoms with Gasteiger partial charge in [-0.3, -0.25) is 10.1 Å². The van der Waals surface area contributed by atoms with Crippen molar-refractivity contribution in [2.75, 3.05) is 7.11 Å². The maximum absolute atomic E-state index is 13.2. The van der Waals surface area contributed by atoms with Crippen molar-refractivity contribution in [2.24, 2.45) is 5.73 Å². The van der Waals surface area contributed by atoms with Gasteiger partial charge in [-0.2, -0.15) is 0 Å².